The highest BCUT2D eigenvalue weighted by molar-refractivity contribution is 5.94. The Balaban J connectivity index is 1.44. The van der Waals surface area contributed by atoms with Crippen molar-refractivity contribution in [1.29, 1.82) is 0 Å². The fourth-order valence-corrected chi connectivity index (χ4v) is 4.75. The number of nitrogens with zero attached hydrogens (tertiary/aromatic N) is 2. The average Bonchev–Trinajstić information content (AvgIpc) is 3.32. The first-order valence-electron chi connectivity index (χ1n) is 9.37. The van der Waals surface area contributed by atoms with Gasteiger partial charge in [-0.05, 0) is 36.5 Å². The molecule has 3 fully saturated rings. The zero-order valence-electron chi connectivity index (χ0n) is 15.4. The third-order valence-corrected chi connectivity index (χ3v) is 6.06. The third kappa shape index (κ3) is 3.04. The van der Waals surface area contributed by atoms with Gasteiger partial charge in [0, 0.05) is 17.7 Å². The fourth-order valence-electron chi connectivity index (χ4n) is 4.75. The van der Waals surface area contributed by atoms with Crippen molar-refractivity contribution in [3.05, 3.63) is 47.9 Å². The minimum Gasteiger partial charge on any atom is -0.481 e. The molecule has 29 heavy (non-hydrogen) atoms. The number of pyridine rings is 2. The van der Waals surface area contributed by atoms with Crippen LogP contribution in [0.2, 0.25) is 0 Å². The molecule has 2 saturated heterocycles. The van der Waals surface area contributed by atoms with Crippen molar-refractivity contribution in [3.8, 4) is 5.88 Å². The van der Waals surface area contributed by atoms with Crippen molar-refractivity contribution in [2.45, 2.75) is 30.7 Å². The van der Waals surface area contributed by atoms with Crippen LogP contribution in [0, 0.1) is 17.8 Å². The molecule has 2 bridgehead atoms. The molecule has 9 heteroatoms. The highest BCUT2D eigenvalue weighted by Crippen LogP contribution is 2.65. The van der Waals surface area contributed by atoms with Crippen LogP contribution in [0.5, 0.6) is 5.88 Å². The molecule has 0 spiro atoms. The molecule has 152 valence electrons. The molecule has 1 aliphatic carbocycles. The maximum Gasteiger partial charge on any atom is 0.433 e. The summed E-state index contributed by atoms with van der Waals surface area (Å²) in [6.45, 7) is 0. The predicted octanol–water partition coefficient (Wildman–Crippen LogP) is 3.26. The van der Waals surface area contributed by atoms with Crippen LogP contribution in [0.15, 0.2) is 36.5 Å². The third-order valence-electron chi connectivity index (χ3n) is 6.06. The number of carbonyl (C=O) groups excluding carboxylic acids is 1. The first kappa shape index (κ1) is 18.4. The van der Waals surface area contributed by atoms with Crippen LogP contribution in [-0.2, 0) is 15.7 Å². The van der Waals surface area contributed by atoms with Gasteiger partial charge in [-0.1, -0.05) is 6.07 Å². The first-order valence-corrected chi connectivity index (χ1v) is 9.37. The first-order chi connectivity index (χ1) is 13.9. The molecule has 1 saturated carbocycles. The summed E-state index contributed by atoms with van der Waals surface area (Å²) in [7, 11) is 1.49. The molecule has 3 aliphatic rings. The summed E-state index contributed by atoms with van der Waals surface area (Å²) in [6.07, 6.45) is -2.69. The number of halogens is 3. The molecule has 1 amide bonds. The monoisotopic (exact) mass is 405 g/mol. The summed E-state index contributed by atoms with van der Waals surface area (Å²) in [5, 5.41) is 2.82. The molecule has 2 aliphatic heterocycles. The van der Waals surface area contributed by atoms with Gasteiger partial charge < -0.3 is 14.8 Å². The van der Waals surface area contributed by atoms with E-state index in [1.807, 2.05) is 0 Å². The van der Waals surface area contributed by atoms with E-state index in [-0.39, 0.29) is 23.8 Å². The lowest BCUT2D eigenvalue weighted by molar-refractivity contribution is -0.141. The molecule has 0 radical (unpaired) electrons. The molecule has 6 atom stereocenters. The average molecular weight is 405 g/mol. The second-order valence-electron chi connectivity index (χ2n) is 7.70. The normalized spacial score (nSPS) is 32.0. The number of amides is 1. The standard InChI is InChI=1S/C20H18F3N3O3/c1-28-14-6-5-9(8-24-14)25-19(27)16-15(17-10-7-11(10)18(16)29-17)12-3-2-4-13(26-12)20(21,22)23/h2-6,8,10-11,15-18H,7H2,1H3,(H,25,27). The molecular weight excluding hydrogens is 387 g/mol. The quantitative estimate of drug-likeness (QED) is 0.845. The Labute approximate surface area is 164 Å². The molecule has 2 aromatic rings. The van der Waals surface area contributed by atoms with Gasteiger partial charge in [-0.25, -0.2) is 9.97 Å². The number of methoxy groups -OCH3 is 1. The van der Waals surface area contributed by atoms with E-state index in [0.29, 0.717) is 23.4 Å². The van der Waals surface area contributed by atoms with Gasteiger partial charge in [0.2, 0.25) is 11.8 Å². The van der Waals surface area contributed by atoms with Gasteiger partial charge in [-0.2, -0.15) is 13.2 Å². The number of hydrogen-bond acceptors (Lipinski definition) is 5. The van der Waals surface area contributed by atoms with E-state index in [9.17, 15) is 18.0 Å². The minimum atomic E-state index is -4.54. The topological polar surface area (TPSA) is 73.3 Å². The number of carbonyl (C=O) groups is 1. The van der Waals surface area contributed by atoms with Gasteiger partial charge >= 0.3 is 6.18 Å². The van der Waals surface area contributed by atoms with Gasteiger partial charge in [0.25, 0.3) is 0 Å². The van der Waals surface area contributed by atoms with Crippen molar-refractivity contribution in [3.63, 3.8) is 0 Å². The van der Waals surface area contributed by atoms with Gasteiger partial charge in [0.1, 0.15) is 5.69 Å². The number of ether oxygens (including phenoxy) is 2. The van der Waals surface area contributed by atoms with Crippen molar-refractivity contribution in [1.82, 2.24) is 9.97 Å². The second kappa shape index (κ2) is 6.41. The summed E-state index contributed by atoms with van der Waals surface area (Å²) in [4.78, 5) is 21.0. The predicted molar refractivity (Wildman–Crippen MR) is 95.1 cm³/mol. The number of anilines is 1. The van der Waals surface area contributed by atoms with E-state index >= 15 is 0 Å². The molecule has 5 rings (SSSR count). The lowest BCUT2D eigenvalue weighted by Gasteiger charge is -2.27. The SMILES string of the molecule is COc1ccc(NC(=O)C2C3OC(C4CC43)C2c2cccc(C(F)(F)F)n2)cn1. The summed E-state index contributed by atoms with van der Waals surface area (Å²) in [5.74, 6) is -0.379. The zero-order valence-corrected chi connectivity index (χ0v) is 15.4. The van der Waals surface area contributed by atoms with E-state index in [1.54, 1.807) is 18.2 Å². The zero-order chi connectivity index (χ0) is 20.3. The lowest BCUT2D eigenvalue weighted by atomic mass is 9.76. The Hall–Kier alpha value is -2.68. The van der Waals surface area contributed by atoms with Crippen molar-refractivity contribution >= 4 is 11.6 Å². The smallest absolute Gasteiger partial charge is 0.433 e. The second-order valence-corrected chi connectivity index (χ2v) is 7.70. The van der Waals surface area contributed by atoms with Crippen LogP contribution < -0.4 is 10.1 Å². The number of alkyl halides is 3. The van der Waals surface area contributed by atoms with E-state index in [1.165, 1.54) is 19.4 Å². The largest absolute Gasteiger partial charge is 0.481 e. The summed E-state index contributed by atoms with van der Waals surface area (Å²) in [6, 6.07) is 7.11. The highest BCUT2D eigenvalue weighted by Gasteiger charge is 2.69. The van der Waals surface area contributed by atoms with Crippen molar-refractivity contribution in [2.75, 3.05) is 12.4 Å². The van der Waals surface area contributed by atoms with Gasteiger partial charge in [0.15, 0.2) is 0 Å². The Morgan fingerprint density at radius 1 is 1.21 bits per heavy atom. The Bertz CT molecular complexity index is 950. The Morgan fingerprint density at radius 3 is 2.69 bits per heavy atom. The Kier molecular flexibility index (Phi) is 4.06. The highest BCUT2D eigenvalue weighted by atomic mass is 19.4. The number of fused-ring (bicyclic) bond motifs is 5. The van der Waals surface area contributed by atoms with Crippen molar-refractivity contribution < 1.29 is 27.4 Å². The number of nitrogens with one attached hydrogen (secondary N) is 1. The molecule has 1 N–H and O–H groups in total. The maximum atomic E-state index is 13.1. The molecule has 4 heterocycles. The number of aromatic nitrogens is 2. The van der Waals surface area contributed by atoms with E-state index < -0.39 is 23.7 Å². The van der Waals surface area contributed by atoms with E-state index in [0.717, 1.165) is 12.5 Å². The van der Waals surface area contributed by atoms with E-state index in [2.05, 4.69) is 15.3 Å². The van der Waals surface area contributed by atoms with Crippen LogP contribution in [-0.4, -0.2) is 35.2 Å². The maximum absolute atomic E-state index is 13.1. The summed E-state index contributed by atoms with van der Waals surface area (Å²) < 4.78 is 50.4. The molecule has 6 nitrogen and oxygen atoms in total. The van der Waals surface area contributed by atoms with Crippen LogP contribution >= 0.6 is 0 Å². The van der Waals surface area contributed by atoms with Gasteiger partial charge in [-0.3, -0.25) is 4.79 Å². The summed E-state index contributed by atoms with van der Waals surface area (Å²) >= 11 is 0. The van der Waals surface area contributed by atoms with Crippen LogP contribution in [0.3, 0.4) is 0 Å². The van der Waals surface area contributed by atoms with Crippen molar-refractivity contribution in [2.24, 2.45) is 17.8 Å². The summed E-state index contributed by atoms with van der Waals surface area (Å²) in [5.41, 5.74) is -0.212. The van der Waals surface area contributed by atoms with Crippen LogP contribution in [0.4, 0.5) is 18.9 Å². The lowest BCUT2D eigenvalue weighted by Crippen LogP contribution is -2.37. The number of rotatable bonds is 4. The minimum absolute atomic E-state index is 0.255. The molecule has 0 aromatic carbocycles. The van der Waals surface area contributed by atoms with Crippen LogP contribution in [0.1, 0.15) is 23.7 Å². The molecule has 6 unspecified atom stereocenters. The number of hydrogen-bond donors (Lipinski definition) is 1. The van der Waals surface area contributed by atoms with Gasteiger partial charge in [-0.15, -0.1) is 0 Å². The Morgan fingerprint density at radius 2 is 2.00 bits per heavy atom. The molecule has 2 aromatic heterocycles. The van der Waals surface area contributed by atoms with Crippen LogP contribution in [0.25, 0.3) is 0 Å². The van der Waals surface area contributed by atoms with E-state index in [4.69, 9.17) is 9.47 Å². The van der Waals surface area contributed by atoms with Gasteiger partial charge in [0.05, 0.1) is 37.1 Å². The fraction of sp³-hybridized carbons (Fsp3) is 0.450. The molecular formula is C20H18F3N3O3.